The minimum absolute atomic E-state index is 0.273. The molecule has 1 aromatic rings. The lowest BCUT2D eigenvalue weighted by Crippen LogP contribution is -2.46. The first-order valence-corrected chi connectivity index (χ1v) is 4.92. The standard InChI is InChI=1S/C9H9F6N3O/c1-16-4-5-2-3-6(18-17-5)19-7(8(10,11)12)9(13,14)15/h2-3,7,16H,4H2,1H3. The Hall–Kier alpha value is -1.58. The van der Waals surface area contributed by atoms with Crippen LogP contribution in [0.15, 0.2) is 12.1 Å². The van der Waals surface area contributed by atoms with Crippen molar-refractivity contribution in [2.24, 2.45) is 0 Å². The number of alkyl halides is 6. The average molecular weight is 289 g/mol. The minimum atomic E-state index is -5.58. The van der Waals surface area contributed by atoms with E-state index in [4.69, 9.17) is 0 Å². The Balaban J connectivity index is 2.86. The zero-order valence-corrected chi connectivity index (χ0v) is 9.51. The molecule has 0 aliphatic carbocycles. The Morgan fingerprint density at radius 3 is 2.05 bits per heavy atom. The predicted octanol–water partition coefficient (Wildman–Crippen LogP) is 2.07. The molecule has 1 N–H and O–H groups in total. The first-order chi connectivity index (χ1) is 8.64. The summed E-state index contributed by atoms with van der Waals surface area (Å²) < 4.78 is 77.0. The zero-order valence-electron chi connectivity index (χ0n) is 9.51. The van der Waals surface area contributed by atoms with Crippen molar-refractivity contribution in [2.45, 2.75) is 25.0 Å². The van der Waals surface area contributed by atoms with E-state index in [1.165, 1.54) is 6.07 Å². The van der Waals surface area contributed by atoms with Gasteiger partial charge in [-0.15, -0.1) is 5.10 Å². The SMILES string of the molecule is CNCc1ccc(OC(C(F)(F)F)C(F)(F)F)nn1. The molecule has 0 saturated carbocycles. The van der Waals surface area contributed by atoms with Gasteiger partial charge in [-0.05, 0) is 13.1 Å². The summed E-state index contributed by atoms with van der Waals surface area (Å²) in [5.41, 5.74) is 0.352. The lowest BCUT2D eigenvalue weighted by Gasteiger charge is -2.22. The van der Waals surface area contributed by atoms with E-state index < -0.39 is 24.3 Å². The van der Waals surface area contributed by atoms with Gasteiger partial charge in [0.25, 0.3) is 6.10 Å². The van der Waals surface area contributed by atoms with Crippen molar-refractivity contribution in [3.05, 3.63) is 17.8 Å². The summed E-state index contributed by atoms with van der Waals surface area (Å²) in [6, 6.07) is 2.10. The Morgan fingerprint density at radius 2 is 1.68 bits per heavy atom. The smallest absolute Gasteiger partial charge is 0.434 e. The highest BCUT2D eigenvalue weighted by molar-refractivity contribution is 5.12. The van der Waals surface area contributed by atoms with Crippen molar-refractivity contribution in [2.75, 3.05) is 7.05 Å². The second-order valence-electron chi connectivity index (χ2n) is 3.47. The van der Waals surface area contributed by atoms with Crippen LogP contribution < -0.4 is 10.1 Å². The number of halogens is 6. The van der Waals surface area contributed by atoms with Crippen LogP contribution in [0.1, 0.15) is 5.69 Å². The molecule has 0 bridgehead atoms. The number of ether oxygens (including phenoxy) is 1. The highest BCUT2D eigenvalue weighted by Crippen LogP contribution is 2.35. The van der Waals surface area contributed by atoms with Gasteiger partial charge in [-0.3, -0.25) is 0 Å². The van der Waals surface area contributed by atoms with Crippen LogP contribution >= 0.6 is 0 Å². The van der Waals surface area contributed by atoms with Gasteiger partial charge >= 0.3 is 12.4 Å². The van der Waals surface area contributed by atoms with E-state index >= 15 is 0 Å². The van der Waals surface area contributed by atoms with E-state index in [1.54, 1.807) is 7.05 Å². The molecule has 0 aliphatic rings. The monoisotopic (exact) mass is 289 g/mol. The van der Waals surface area contributed by atoms with E-state index in [0.717, 1.165) is 6.07 Å². The van der Waals surface area contributed by atoms with Gasteiger partial charge in [0.1, 0.15) is 0 Å². The van der Waals surface area contributed by atoms with Crippen molar-refractivity contribution in [3.8, 4) is 5.88 Å². The van der Waals surface area contributed by atoms with Gasteiger partial charge in [0.2, 0.25) is 5.88 Å². The third kappa shape index (κ3) is 4.54. The molecule has 0 saturated heterocycles. The summed E-state index contributed by atoms with van der Waals surface area (Å²) in [6.07, 6.45) is -15.1. The molecule has 19 heavy (non-hydrogen) atoms. The summed E-state index contributed by atoms with van der Waals surface area (Å²) in [5.74, 6) is -0.848. The molecule has 1 heterocycles. The van der Waals surface area contributed by atoms with E-state index in [-0.39, 0.29) is 6.54 Å². The van der Waals surface area contributed by atoms with E-state index in [1.807, 2.05) is 0 Å². The first-order valence-electron chi connectivity index (χ1n) is 4.92. The van der Waals surface area contributed by atoms with Crippen molar-refractivity contribution < 1.29 is 31.1 Å². The van der Waals surface area contributed by atoms with Crippen molar-refractivity contribution in [1.82, 2.24) is 15.5 Å². The second-order valence-corrected chi connectivity index (χ2v) is 3.47. The largest absolute Gasteiger partial charge is 0.454 e. The zero-order chi connectivity index (χ0) is 14.7. The average Bonchev–Trinajstić information content (AvgIpc) is 2.25. The van der Waals surface area contributed by atoms with Gasteiger partial charge < -0.3 is 10.1 Å². The lowest BCUT2D eigenvalue weighted by molar-refractivity contribution is -0.300. The molecule has 10 heteroatoms. The van der Waals surface area contributed by atoms with Gasteiger partial charge in [0.05, 0.1) is 5.69 Å². The summed E-state index contributed by atoms with van der Waals surface area (Å²) in [7, 11) is 1.59. The maximum Gasteiger partial charge on any atom is 0.434 e. The molecule has 0 fully saturated rings. The Labute approximate surface area is 103 Å². The third-order valence-electron chi connectivity index (χ3n) is 1.89. The second kappa shape index (κ2) is 5.59. The molecule has 0 atom stereocenters. The number of nitrogens with one attached hydrogen (secondary N) is 1. The fourth-order valence-electron chi connectivity index (χ4n) is 1.13. The maximum absolute atomic E-state index is 12.2. The van der Waals surface area contributed by atoms with Gasteiger partial charge in [-0.2, -0.15) is 31.4 Å². The van der Waals surface area contributed by atoms with Crippen LogP contribution in [0.2, 0.25) is 0 Å². The van der Waals surface area contributed by atoms with E-state index in [2.05, 4.69) is 20.3 Å². The summed E-state index contributed by atoms with van der Waals surface area (Å²) in [4.78, 5) is 0. The molecule has 1 aromatic heterocycles. The highest BCUT2D eigenvalue weighted by atomic mass is 19.4. The van der Waals surface area contributed by atoms with Crippen LogP contribution in [0, 0.1) is 0 Å². The molecule has 4 nitrogen and oxygen atoms in total. The van der Waals surface area contributed by atoms with Crippen LogP contribution in [0.25, 0.3) is 0 Å². The fourth-order valence-corrected chi connectivity index (χ4v) is 1.13. The molecular weight excluding hydrogens is 280 g/mol. The van der Waals surface area contributed by atoms with Gasteiger partial charge in [0, 0.05) is 12.6 Å². The number of nitrogens with zero attached hydrogens (tertiary/aromatic N) is 2. The number of aromatic nitrogens is 2. The van der Waals surface area contributed by atoms with E-state index in [0.29, 0.717) is 5.69 Å². The van der Waals surface area contributed by atoms with Crippen LogP contribution in [0.5, 0.6) is 5.88 Å². The van der Waals surface area contributed by atoms with Crippen LogP contribution in [-0.4, -0.2) is 35.7 Å². The lowest BCUT2D eigenvalue weighted by atomic mass is 10.3. The number of hydrogen-bond donors (Lipinski definition) is 1. The Morgan fingerprint density at radius 1 is 1.11 bits per heavy atom. The topological polar surface area (TPSA) is 47.0 Å². The van der Waals surface area contributed by atoms with E-state index in [9.17, 15) is 26.3 Å². The van der Waals surface area contributed by atoms with Gasteiger partial charge in [-0.1, -0.05) is 0 Å². The summed E-state index contributed by atoms with van der Waals surface area (Å²) in [6.45, 7) is 0.273. The Kier molecular flexibility index (Phi) is 4.56. The van der Waals surface area contributed by atoms with Gasteiger partial charge in [0.15, 0.2) is 0 Å². The van der Waals surface area contributed by atoms with Crippen molar-refractivity contribution in [3.63, 3.8) is 0 Å². The molecule has 0 radical (unpaired) electrons. The van der Waals surface area contributed by atoms with Crippen molar-refractivity contribution in [1.29, 1.82) is 0 Å². The summed E-state index contributed by atoms with van der Waals surface area (Å²) in [5, 5.41) is 9.25. The van der Waals surface area contributed by atoms with Crippen LogP contribution in [0.4, 0.5) is 26.3 Å². The normalized spacial score (nSPS) is 12.8. The van der Waals surface area contributed by atoms with Gasteiger partial charge in [-0.25, -0.2) is 0 Å². The fraction of sp³-hybridized carbons (Fsp3) is 0.556. The molecular formula is C9H9F6N3O. The van der Waals surface area contributed by atoms with Crippen LogP contribution in [0.3, 0.4) is 0 Å². The highest BCUT2D eigenvalue weighted by Gasteiger charge is 2.59. The summed E-state index contributed by atoms with van der Waals surface area (Å²) >= 11 is 0. The molecule has 0 aliphatic heterocycles. The Bertz CT molecular complexity index is 388. The quantitative estimate of drug-likeness (QED) is 0.862. The molecule has 0 unspecified atom stereocenters. The van der Waals surface area contributed by atoms with Crippen LogP contribution in [-0.2, 0) is 6.54 Å². The first kappa shape index (κ1) is 15.5. The third-order valence-corrected chi connectivity index (χ3v) is 1.89. The molecule has 108 valence electrons. The minimum Gasteiger partial charge on any atom is -0.454 e. The number of hydrogen-bond acceptors (Lipinski definition) is 4. The molecule has 0 spiro atoms. The maximum atomic E-state index is 12.2. The van der Waals surface area contributed by atoms with Crippen molar-refractivity contribution >= 4 is 0 Å². The molecule has 1 rings (SSSR count). The molecule has 0 amide bonds. The number of rotatable bonds is 4. The predicted molar refractivity (Wildman–Crippen MR) is 51.3 cm³/mol. The molecule has 0 aromatic carbocycles.